The minimum absolute atomic E-state index is 0.0203. The number of pyridine rings is 1. The molecular formula is C17H21N3O3S. The van der Waals surface area contributed by atoms with Crippen LogP contribution in [0.4, 0.5) is 5.82 Å². The van der Waals surface area contributed by atoms with Gasteiger partial charge in [0.25, 0.3) is 0 Å². The van der Waals surface area contributed by atoms with Gasteiger partial charge in [-0.3, -0.25) is 4.72 Å². The molecule has 2 heterocycles. The van der Waals surface area contributed by atoms with Crippen molar-refractivity contribution in [2.75, 3.05) is 24.4 Å². The van der Waals surface area contributed by atoms with E-state index in [1.165, 1.54) is 15.4 Å². The van der Waals surface area contributed by atoms with E-state index in [-0.39, 0.29) is 12.4 Å². The highest BCUT2D eigenvalue weighted by molar-refractivity contribution is 7.90. The number of hydrogen-bond donors (Lipinski definition) is 2. The number of aliphatic hydroxyl groups is 1. The molecule has 1 aromatic carbocycles. The Morgan fingerprint density at radius 3 is 2.33 bits per heavy atom. The van der Waals surface area contributed by atoms with Crippen LogP contribution >= 0.6 is 0 Å². The van der Waals surface area contributed by atoms with Crippen molar-refractivity contribution in [2.45, 2.75) is 19.3 Å². The van der Waals surface area contributed by atoms with E-state index in [1.54, 1.807) is 18.2 Å². The maximum atomic E-state index is 12.7. The van der Waals surface area contributed by atoms with Gasteiger partial charge in [0, 0.05) is 31.8 Å². The molecule has 0 spiro atoms. The smallest absolute Gasteiger partial charge is 0.302 e. The molecule has 1 aromatic heterocycles. The minimum Gasteiger partial charge on any atom is -0.396 e. The van der Waals surface area contributed by atoms with Gasteiger partial charge in [-0.05, 0) is 36.1 Å². The zero-order valence-corrected chi connectivity index (χ0v) is 14.2. The van der Waals surface area contributed by atoms with Crippen LogP contribution in [0.3, 0.4) is 0 Å². The number of nitrogens with one attached hydrogen (secondary N) is 1. The first-order chi connectivity index (χ1) is 11.6. The van der Waals surface area contributed by atoms with E-state index < -0.39 is 10.2 Å². The van der Waals surface area contributed by atoms with Crippen molar-refractivity contribution in [3.8, 4) is 0 Å². The molecule has 128 valence electrons. The highest BCUT2D eigenvalue weighted by Crippen LogP contribution is 2.18. The third-order valence-corrected chi connectivity index (χ3v) is 5.64. The molecule has 2 aromatic rings. The number of hydrogen-bond acceptors (Lipinski definition) is 4. The van der Waals surface area contributed by atoms with Crippen LogP contribution in [0.15, 0.2) is 42.5 Å². The zero-order chi connectivity index (χ0) is 17.0. The Labute approximate surface area is 142 Å². The van der Waals surface area contributed by atoms with Crippen molar-refractivity contribution in [3.05, 3.63) is 59.3 Å². The van der Waals surface area contributed by atoms with Crippen molar-refractivity contribution >= 4 is 16.0 Å². The van der Waals surface area contributed by atoms with E-state index in [2.05, 4.69) is 21.8 Å². The van der Waals surface area contributed by atoms with Crippen LogP contribution in [0.5, 0.6) is 0 Å². The maximum absolute atomic E-state index is 12.7. The summed E-state index contributed by atoms with van der Waals surface area (Å²) in [5.41, 5.74) is 3.07. The molecule has 6 nitrogen and oxygen atoms in total. The van der Waals surface area contributed by atoms with Crippen LogP contribution < -0.4 is 4.72 Å². The van der Waals surface area contributed by atoms with Crippen LogP contribution in [-0.2, 0) is 29.5 Å². The predicted octanol–water partition coefficient (Wildman–Crippen LogP) is 1.37. The van der Waals surface area contributed by atoms with Crippen LogP contribution in [0.1, 0.15) is 16.8 Å². The maximum Gasteiger partial charge on any atom is 0.302 e. The third-order valence-electron chi connectivity index (χ3n) is 4.13. The fraction of sp³-hybridized carbons (Fsp3) is 0.353. The lowest BCUT2D eigenvalue weighted by molar-refractivity contribution is 0.298. The molecule has 0 aliphatic carbocycles. The summed E-state index contributed by atoms with van der Waals surface area (Å²) in [4.78, 5) is 4.23. The molecule has 0 fully saturated rings. The van der Waals surface area contributed by atoms with Gasteiger partial charge in [-0.2, -0.15) is 12.7 Å². The van der Waals surface area contributed by atoms with Crippen LogP contribution in [0.25, 0.3) is 0 Å². The lowest BCUT2D eigenvalue weighted by atomic mass is 10.0. The van der Waals surface area contributed by atoms with Crippen molar-refractivity contribution in [1.29, 1.82) is 0 Å². The second kappa shape index (κ2) is 7.29. The van der Waals surface area contributed by atoms with Gasteiger partial charge in [0.1, 0.15) is 5.82 Å². The Morgan fingerprint density at radius 2 is 1.71 bits per heavy atom. The van der Waals surface area contributed by atoms with Gasteiger partial charge in [0.05, 0.1) is 0 Å². The molecule has 0 atom stereocenters. The van der Waals surface area contributed by atoms with Gasteiger partial charge in [-0.15, -0.1) is 0 Å². The molecule has 2 N–H and O–H groups in total. The Bertz CT molecular complexity index is 781. The summed E-state index contributed by atoms with van der Waals surface area (Å²) in [6, 6.07) is 13.2. The number of aromatic nitrogens is 1. The SMILES string of the molecule is O=S(=O)(Nc1cccc(CCO)n1)N1CCc2ccccc2CC1. The van der Waals surface area contributed by atoms with Gasteiger partial charge in [-0.25, -0.2) is 4.98 Å². The van der Waals surface area contributed by atoms with Crippen LogP contribution in [-0.4, -0.2) is 42.5 Å². The fourth-order valence-corrected chi connectivity index (χ4v) is 4.05. The van der Waals surface area contributed by atoms with E-state index in [9.17, 15) is 8.42 Å². The lowest BCUT2D eigenvalue weighted by Gasteiger charge is -2.20. The number of benzene rings is 1. The van der Waals surface area contributed by atoms with Crippen LogP contribution in [0, 0.1) is 0 Å². The van der Waals surface area contributed by atoms with Gasteiger partial charge in [0.15, 0.2) is 0 Å². The van der Waals surface area contributed by atoms with E-state index >= 15 is 0 Å². The molecule has 0 unspecified atom stereocenters. The van der Waals surface area contributed by atoms with Gasteiger partial charge in [-0.1, -0.05) is 30.3 Å². The summed E-state index contributed by atoms with van der Waals surface area (Å²) in [7, 11) is -3.65. The molecule has 1 aliphatic heterocycles. The second-order valence-electron chi connectivity index (χ2n) is 5.76. The molecule has 0 radical (unpaired) electrons. The molecule has 0 bridgehead atoms. The average molecular weight is 347 g/mol. The fourth-order valence-electron chi connectivity index (χ4n) is 2.87. The highest BCUT2D eigenvalue weighted by Gasteiger charge is 2.25. The predicted molar refractivity (Wildman–Crippen MR) is 93.0 cm³/mol. The van der Waals surface area contributed by atoms with Gasteiger partial charge >= 0.3 is 10.2 Å². The first-order valence-electron chi connectivity index (χ1n) is 8.00. The topological polar surface area (TPSA) is 82.5 Å². The number of anilines is 1. The van der Waals surface area contributed by atoms with Crippen molar-refractivity contribution < 1.29 is 13.5 Å². The minimum atomic E-state index is -3.65. The number of fused-ring (bicyclic) bond motifs is 1. The summed E-state index contributed by atoms with van der Waals surface area (Å²) in [5, 5.41) is 8.98. The lowest BCUT2D eigenvalue weighted by Crippen LogP contribution is -2.37. The summed E-state index contributed by atoms with van der Waals surface area (Å²) in [6.45, 7) is 0.874. The molecule has 3 rings (SSSR count). The van der Waals surface area contributed by atoms with E-state index in [4.69, 9.17) is 5.11 Å². The van der Waals surface area contributed by atoms with Gasteiger partial charge < -0.3 is 5.11 Å². The van der Waals surface area contributed by atoms with E-state index in [1.807, 2.05) is 12.1 Å². The summed E-state index contributed by atoms with van der Waals surface area (Å²) < 4.78 is 29.3. The normalized spacial score (nSPS) is 15.5. The number of aliphatic hydroxyl groups excluding tert-OH is 1. The Balaban J connectivity index is 1.73. The molecule has 0 saturated carbocycles. The van der Waals surface area contributed by atoms with Crippen LogP contribution in [0.2, 0.25) is 0 Å². The van der Waals surface area contributed by atoms with E-state index in [0.29, 0.717) is 38.0 Å². The van der Waals surface area contributed by atoms with E-state index in [0.717, 1.165) is 0 Å². The molecule has 7 heteroatoms. The largest absolute Gasteiger partial charge is 0.396 e. The Kier molecular flexibility index (Phi) is 5.13. The second-order valence-corrected chi connectivity index (χ2v) is 7.43. The molecule has 0 saturated heterocycles. The highest BCUT2D eigenvalue weighted by atomic mass is 32.2. The Morgan fingerprint density at radius 1 is 1.04 bits per heavy atom. The number of nitrogens with zero attached hydrogens (tertiary/aromatic N) is 2. The van der Waals surface area contributed by atoms with Crippen molar-refractivity contribution in [3.63, 3.8) is 0 Å². The monoisotopic (exact) mass is 347 g/mol. The summed E-state index contributed by atoms with van der Waals surface area (Å²) >= 11 is 0. The first kappa shape index (κ1) is 16.9. The summed E-state index contributed by atoms with van der Waals surface area (Å²) in [6.07, 6.45) is 1.80. The average Bonchev–Trinajstić information content (AvgIpc) is 2.78. The molecular weight excluding hydrogens is 326 g/mol. The summed E-state index contributed by atoms with van der Waals surface area (Å²) in [5.74, 6) is 0.280. The van der Waals surface area contributed by atoms with Crippen molar-refractivity contribution in [2.24, 2.45) is 0 Å². The zero-order valence-electron chi connectivity index (χ0n) is 13.4. The number of rotatable bonds is 5. The molecule has 24 heavy (non-hydrogen) atoms. The standard InChI is InChI=1S/C17H21N3O3S/c21-13-10-16-6-3-7-17(18-16)19-24(22,23)20-11-8-14-4-1-2-5-15(14)9-12-20/h1-7,21H,8-13H2,(H,18,19). The quantitative estimate of drug-likeness (QED) is 0.856. The molecule has 1 aliphatic rings. The van der Waals surface area contributed by atoms with Gasteiger partial charge in [0.2, 0.25) is 0 Å². The first-order valence-corrected chi connectivity index (χ1v) is 9.44. The van der Waals surface area contributed by atoms with Crippen molar-refractivity contribution in [1.82, 2.24) is 9.29 Å². The Hall–Kier alpha value is -1.96. The third kappa shape index (κ3) is 3.92. The molecule has 0 amide bonds.